The Balaban J connectivity index is 0.000000606. The van der Waals surface area contributed by atoms with Crippen LogP contribution in [0.1, 0.15) is 46.5 Å². The number of hydrogen-bond acceptors (Lipinski definition) is 2. The molecule has 2 aliphatic rings. The van der Waals surface area contributed by atoms with E-state index in [9.17, 15) is 4.79 Å². The molecule has 1 saturated carbocycles. The quantitative estimate of drug-likeness (QED) is 0.798. The molecule has 0 aromatic heterocycles. The number of nitrogens with zero attached hydrogens (tertiary/aromatic N) is 1. The summed E-state index contributed by atoms with van der Waals surface area (Å²) < 4.78 is 0. The molecule has 0 aromatic carbocycles. The number of likely N-dealkylation sites (tertiary alicyclic amines) is 1. The van der Waals surface area contributed by atoms with E-state index in [1.165, 1.54) is 0 Å². The summed E-state index contributed by atoms with van der Waals surface area (Å²) in [4.78, 5) is 13.9. The summed E-state index contributed by atoms with van der Waals surface area (Å²) in [6, 6.07) is 0.450. The fourth-order valence-corrected chi connectivity index (χ4v) is 2.06. The zero-order chi connectivity index (χ0) is 12.0. The molecule has 0 radical (unpaired) electrons. The maximum atomic E-state index is 11.5. The predicted molar refractivity (Wildman–Crippen MR) is 67.4 cm³/mol. The van der Waals surface area contributed by atoms with Crippen molar-refractivity contribution >= 4 is 5.91 Å². The predicted octanol–water partition coefficient (Wildman–Crippen LogP) is 2.02. The first-order valence-electron chi connectivity index (χ1n) is 6.82. The summed E-state index contributed by atoms with van der Waals surface area (Å²) in [6.07, 6.45) is 4.48. The van der Waals surface area contributed by atoms with E-state index in [1.54, 1.807) is 0 Å². The second-order valence-electron chi connectivity index (χ2n) is 4.49. The number of amides is 1. The highest BCUT2D eigenvalue weighted by Crippen LogP contribution is 2.29. The van der Waals surface area contributed by atoms with Gasteiger partial charge in [0.25, 0.3) is 0 Å². The van der Waals surface area contributed by atoms with E-state index in [0.717, 1.165) is 45.3 Å². The third-order valence-electron chi connectivity index (χ3n) is 3.33. The molecule has 1 N–H and O–H groups in total. The lowest BCUT2D eigenvalue weighted by Gasteiger charge is -2.31. The van der Waals surface area contributed by atoms with Gasteiger partial charge in [0, 0.05) is 25.0 Å². The van der Waals surface area contributed by atoms with Crippen LogP contribution in [0.5, 0.6) is 0 Å². The van der Waals surface area contributed by atoms with Crippen LogP contribution in [0.3, 0.4) is 0 Å². The van der Waals surface area contributed by atoms with Gasteiger partial charge in [-0.25, -0.2) is 0 Å². The zero-order valence-electron chi connectivity index (χ0n) is 11.0. The van der Waals surface area contributed by atoms with E-state index in [1.807, 2.05) is 13.8 Å². The summed E-state index contributed by atoms with van der Waals surface area (Å²) >= 11 is 0. The highest BCUT2D eigenvalue weighted by molar-refractivity contribution is 5.81. The monoisotopic (exact) mass is 226 g/mol. The summed E-state index contributed by atoms with van der Waals surface area (Å²) in [5, 5.41) is 3.16. The van der Waals surface area contributed by atoms with Crippen molar-refractivity contribution in [2.75, 3.05) is 19.6 Å². The molecule has 94 valence electrons. The van der Waals surface area contributed by atoms with Gasteiger partial charge in [0.15, 0.2) is 0 Å². The van der Waals surface area contributed by atoms with Crippen LogP contribution in [0.2, 0.25) is 0 Å². The molecule has 0 spiro atoms. The molecule has 1 aliphatic carbocycles. The number of carbonyl (C=O) groups excluding carboxylic acids is 1. The second kappa shape index (κ2) is 6.89. The van der Waals surface area contributed by atoms with Gasteiger partial charge in [0.1, 0.15) is 0 Å². The molecule has 0 bridgehead atoms. The fourth-order valence-electron chi connectivity index (χ4n) is 2.06. The van der Waals surface area contributed by atoms with Gasteiger partial charge < -0.3 is 10.2 Å². The molecular formula is C13H26N2O. The Morgan fingerprint density at radius 3 is 2.19 bits per heavy atom. The molecular weight excluding hydrogens is 200 g/mol. The fraction of sp³-hybridized carbons (Fsp3) is 0.923. The molecule has 1 saturated heterocycles. The van der Waals surface area contributed by atoms with Crippen LogP contribution >= 0.6 is 0 Å². The number of nitrogens with one attached hydrogen (secondary N) is 1. The Labute approximate surface area is 99.6 Å². The first-order chi connectivity index (χ1) is 7.79. The van der Waals surface area contributed by atoms with Gasteiger partial charge in [-0.2, -0.15) is 0 Å². The van der Waals surface area contributed by atoms with Gasteiger partial charge in [-0.05, 0) is 32.2 Å². The van der Waals surface area contributed by atoms with Gasteiger partial charge in [-0.3, -0.25) is 4.79 Å². The summed E-state index contributed by atoms with van der Waals surface area (Å²) in [5.41, 5.74) is 0. The van der Waals surface area contributed by atoms with E-state index < -0.39 is 0 Å². The molecule has 16 heavy (non-hydrogen) atoms. The molecule has 2 fully saturated rings. The van der Waals surface area contributed by atoms with Crippen LogP contribution in [-0.2, 0) is 4.79 Å². The minimum absolute atomic E-state index is 0.306. The molecule has 1 aliphatic heterocycles. The van der Waals surface area contributed by atoms with E-state index >= 15 is 0 Å². The van der Waals surface area contributed by atoms with Crippen molar-refractivity contribution in [2.24, 2.45) is 5.92 Å². The second-order valence-corrected chi connectivity index (χ2v) is 4.49. The minimum atomic E-state index is 0.306. The largest absolute Gasteiger partial charge is 0.353 e. The number of carbonyl (C=O) groups is 1. The standard InChI is InChI=1S/C11H20N2O.C2H6/c1-2-13-7-5-10(6-8-13)12-11(14)9-3-4-9;1-2/h9-10H,2-8H2,1H3,(H,12,14);1-2H3. The van der Waals surface area contributed by atoms with Crippen LogP contribution in [0.25, 0.3) is 0 Å². The maximum Gasteiger partial charge on any atom is 0.223 e. The van der Waals surface area contributed by atoms with Crippen LogP contribution in [0.15, 0.2) is 0 Å². The first-order valence-corrected chi connectivity index (χ1v) is 6.82. The van der Waals surface area contributed by atoms with Crippen LogP contribution < -0.4 is 5.32 Å². The van der Waals surface area contributed by atoms with Crippen LogP contribution in [0, 0.1) is 5.92 Å². The minimum Gasteiger partial charge on any atom is -0.353 e. The molecule has 0 atom stereocenters. The zero-order valence-corrected chi connectivity index (χ0v) is 11.0. The van der Waals surface area contributed by atoms with Crippen molar-refractivity contribution in [1.29, 1.82) is 0 Å². The van der Waals surface area contributed by atoms with Gasteiger partial charge in [-0.1, -0.05) is 20.8 Å². The van der Waals surface area contributed by atoms with E-state index in [-0.39, 0.29) is 0 Å². The van der Waals surface area contributed by atoms with Crippen molar-refractivity contribution in [3.8, 4) is 0 Å². The number of rotatable bonds is 3. The van der Waals surface area contributed by atoms with Crippen molar-refractivity contribution in [3.63, 3.8) is 0 Å². The summed E-state index contributed by atoms with van der Waals surface area (Å²) in [5.74, 6) is 0.666. The Morgan fingerprint density at radius 1 is 1.19 bits per heavy atom. The molecule has 0 aromatic rings. The van der Waals surface area contributed by atoms with E-state index in [0.29, 0.717) is 17.9 Å². The average Bonchev–Trinajstić information content (AvgIpc) is 3.16. The van der Waals surface area contributed by atoms with E-state index in [4.69, 9.17) is 0 Å². The molecule has 3 nitrogen and oxygen atoms in total. The topological polar surface area (TPSA) is 32.3 Å². The summed E-state index contributed by atoms with van der Waals surface area (Å²) in [7, 11) is 0. The van der Waals surface area contributed by atoms with Crippen molar-refractivity contribution in [3.05, 3.63) is 0 Å². The van der Waals surface area contributed by atoms with Crippen molar-refractivity contribution in [1.82, 2.24) is 10.2 Å². The van der Waals surface area contributed by atoms with Gasteiger partial charge >= 0.3 is 0 Å². The molecule has 2 rings (SSSR count). The van der Waals surface area contributed by atoms with Crippen LogP contribution in [-0.4, -0.2) is 36.5 Å². The summed E-state index contributed by atoms with van der Waals surface area (Å²) in [6.45, 7) is 9.63. The average molecular weight is 226 g/mol. The van der Waals surface area contributed by atoms with Crippen molar-refractivity contribution in [2.45, 2.75) is 52.5 Å². The Bertz CT molecular complexity index is 206. The lowest BCUT2D eigenvalue weighted by Crippen LogP contribution is -2.44. The Hall–Kier alpha value is -0.570. The normalized spacial score (nSPS) is 22.2. The van der Waals surface area contributed by atoms with Gasteiger partial charge in [0.05, 0.1) is 0 Å². The Kier molecular flexibility index (Phi) is 5.81. The third kappa shape index (κ3) is 4.12. The maximum absolute atomic E-state index is 11.5. The molecule has 3 heteroatoms. The van der Waals surface area contributed by atoms with E-state index in [2.05, 4.69) is 17.1 Å². The van der Waals surface area contributed by atoms with Crippen molar-refractivity contribution < 1.29 is 4.79 Å². The molecule has 0 unspecified atom stereocenters. The van der Waals surface area contributed by atoms with Gasteiger partial charge in [-0.15, -0.1) is 0 Å². The lowest BCUT2D eigenvalue weighted by atomic mass is 10.0. The smallest absolute Gasteiger partial charge is 0.223 e. The molecule has 1 heterocycles. The number of hydrogen-bond donors (Lipinski definition) is 1. The highest BCUT2D eigenvalue weighted by atomic mass is 16.2. The first kappa shape index (κ1) is 13.5. The number of piperidine rings is 1. The SMILES string of the molecule is CC.CCN1CCC(NC(=O)C2CC2)CC1. The van der Waals surface area contributed by atoms with Gasteiger partial charge in [0.2, 0.25) is 5.91 Å². The third-order valence-corrected chi connectivity index (χ3v) is 3.33. The Morgan fingerprint density at radius 2 is 1.75 bits per heavy atom. The van der Waals surface area contributed by atoms with Crippen LogP contribution in [0.4, 0.5) is 0 Å². The highest BCUT2D eigenvalue weighted by Gasteiger charge is 2.31. The molecule has 1 amide bonds. The lowest BCUT2D eigenvalue weighted by molar-refractivity contribution is -0.123.